The first-order chi connectivity index (χ1) is 17.5. The monoisotopic (exact) mass is 508 g/mol. The highest BCUT2D eigenvalue weighted by Crippen LogP contribution is 2.29. The lowest BCUT2D eigenvalue weighted by molar-refractivity contribution is 0.0700. The molecule has 10 heteroatoms. The third kappa shape index (κ3) is 5.98. The van der Waals surface area contributed by atoms with Crippen LogP contribution in [-0.2, 0) is 17.9 Å². The van der Waals surface area contributed by atoms with Gasteiger partial charge in [-0.25, -0.2) is 4.79 Å². The molecule has 0 atom stereocenters. The van der Waals surface area contributed by atoms with Gasteiger partial charge in [0, 0.05) is 38.8 Å². The number of amides is 1. The van der Waals surface area contributed by atoms with E-state index in [2.05, 4.69) is 32.1 Å². The fourth-order valence-corrected chi connectivity index (χ4v) is 4.54. The maximum absolute atomic E-state index is 12.4. The number of halogens is 1. The molecular weight excluding hydrogens is 480 g/mol. The third-order valence-corrected chi connectivity index (χ3v) is 6.59. The van der Waals surface area contributed by atoms with Crippen LogP contribution in [0.3, 0.4) is 0 Å². The fourth-order valence-electron chi connectivity index (χ4n) is 4.40. The van der Waals surface area contributed by atoms with Gasteiger partial charge in [0.25, 0.3) is 0 Å². The minimum atomic E-state index is -0.255. The van der Waals surface area contributed by atoms with Crippen molar-refractivity contribution in [2.45, 2.75) is 19.3 Å². The second-order valence-corrected chi connectivity index (χ2v) is 9.42. The molecule has 0 bridgehead atoms. The number of nitrogen functional groups attached to an aromatic ring is 1. The van der Waals surface area contributed by atoms with E-state index in [0.29, 0.717) is 43.8 Å². The van der Waals surface area contributed by atoms with Gasteiger partial charge in [0.15, 0.2) is 11.0 Å². The van der Waals surface area contributed by atoms with Gasteiger partial charge in [-0.3, -0.25) is 4.90 Å². The molecule has 0 saturated carbocycles. The summed E-state index contributed by atoms with van der Waals surface area (Å²) in [5, 5.41) is 7.95. The number of anilines is 2. The van der Waals surface area contributed by atoms with Gasteiger partial charge in [-0.1, -0.05) is 54.1 Å². The summed E-state index contributed by atoms with van der Waals surface area (Å²) in [5.41, 5.74) is 8.88. The molecule has 2 fully saturated rings. The summed E-state index contributed by atoms with van der Waals surface area (Å²) in [6.07, 6.45) is -0.188. The molecule has 0 spiro atoms. The van der Waals surface area contributed by atoms with Crippen molar-refractivity contribution in [3.05, 3.63) is 76.9 Å². The number of ether oxygens (including phenoxy) is 2. The third-order valence-electron chi connectivity index (χ3n) is 6.40. The van der Waals surface area contributed by atoms with E-state index in [1.54, 1.807) is 11.0 Å². The van der Waals surface area contributed by atoms with E-state index in [1.165, 1.54) is 5.56 Å². The highest BCUT2D eigenvalue weighted by molar-refractivity contribution is 6.29. The van der Waals surface area contributed by atoms with Gasteiger partial charge in [-0.2, -0.15) is 0 Å². The highest BCUT2D eigenvalue weighted by atomic mass is 35.5. The van der Waals surface area contributed by atoms with E-state index in [4.69, 9.17) is 26.8 Å². The Balaban J connectivity index is 1.06. The Morgan fingerprint density at radius 2 is 1.72 bits per heavy atom. The molecule has 188 valence electrons. The van der Waals surface area contributed by atoms with Crippen LogP contribution in [0.1, 0.15) is 11.1 Å². The van der Waals surface area contributed by atoms with Gasteiger partial charge in [-0.05, 0) is 23.3 Å². The molecule has 0 unspecified atom stereocenters. The second kappa shape index (κ2) is 11.0. The summed E-state index contributed by atoms with van der Waals surface area (Å²) in [7, 11) is 0. The van der Waals surface area contributed by atoms with Crippen LogP contribution in [0.2, 0.25) is 5.15 Å². The van der Waals surface area contributed by atoms with Crippen molar-refractivity contribution in [2.24, 2.45) is 0 Å². The summed E-state index contributed by atoms with van der Waals surface area (Å²) in [5.74, 6) is 1.21. The number of rotatable bonds is 7. The van der Waals surface area contributed by atoms with Gasteiger partial charge in [-0.15, -0.1) is 10.2 Å². The fraction of sp³-hybridized carbons (Fsp3) is 0.346. The first-order valence-corrected chi connectivity index (χ1v) is 12.4. The predicted molar refractivity (Wildman–Crippen MR) is 138 cm³/mol. The number of hydrogen-bond donors (Lipinski definition) is 1. The van der Waals surface area contributed by atoms with Crippen LogP contribution in [0.4, 0.5) is 16.3 Å². The van der Waals surface area contributed by atoms with Crippen LogP contribution in [0, 0.1) is 0 Å². The van der Waals surface area contributed by atoms with Crippen LogP contribution in [0.15, 0.2) is 60.7 Å². The van der Waals surface area contributed by atoms with Crippen LogP contribution < -0.4 is 15.4 Å². The van der Waals surface area contributed by atoms with Gasteiger partial charge < -0.3 is 25.0 Å². The molecule has 0 aliphatic carbocycles. The number of aromatic nitrogens is 2. The average molecular weight is 509 g/mol. The first-order valence-electron chi connectivity index (χ1n) is 12.0. The topological polar surface area (TPSA) is 97.0 Å². The Bertz CT molecular complexity index is 1180. The summed E-state index contributed by atoms with van der Waals surface area (Å²) in [4.78, 5) is 18.6. The van der Waals surface area contributed by atoms with Crippen molar-refractivity contribution >= 4 is 29.2 Å². The summed E-state index contributed by atoms with van der Waals surface area (Å²) < 4.78 is 11.6. The normalized spacial score (nSPS) is 16.5. The Hall–Kier alpha value is -3.56. The number of piperazine rings is 1. The van der Waals surface area contributed by atoms with Gasteiger partial charge in [0.1, 0.15) is 18.5 Å². The Morgan fingerprint density at radius 1 is 0.972 bits per heavy atom. The zero-order valence-electron chi connectivity index (χ0n) is 19.9. The molecule has 2 aromatic carbocycles. The number of benzene rings is 2. The van der Waals surface area contributed by atoms with E-state index in [-0.39, 0.29) is 12.2 Å². The Labute approximate surface area is 215 Å². The summed E-state index contributed by atoms with van der Waals surface area (Å²) in [6.45, 7) is 5.42. The van der Waals surface area contributed by atoms with Crippen molar-refractivity contribution < 1.29 is 14.3 Å². The SMILES string of the molecule is Nc1nnc(Cl)cc1N1CC(Oc2cccc(CN3CCN(C(=O)OCc4ccccc4)CC3)c2)C1. The maximum atomic E-state index is 12.4. The molecule has 36 heavy (non-hydrogen) atoms. The number of carbonyl (C=O) groups is 1. The Kier molecular flexibility index (Phi) is 7.39. The summed E-state index contributed by atoms with van der Waals surface area (Å²) in [6, 6.07) is 19.6. The highest BCUT2D eigenvalue weighted by Gasteiger charge is 2.31. The number of nitrogens with two attached hydrogens (primary N) is 1. The predicted octanol–water partition coefficient (Wildman–Crippen LogP) is 3.43. The lowest BCUT2D eigenvalue weighted by atomic mass is 10.1. The van der Waals surface area contributed by atoms with Gasteiger partial charge >= 0.3 is 6.09 Å². The molecule has 1 amide bonds. The van der Waals surface area contributed by atoms with Crippen LogP contribution in [0.25, 0.3) is 0 Å². The van der Waals surface area contributed by atoms with Crippen molar-refractivity contribution in [3.63, 3.8) is 0 Å². The molecule has 3 aromatic rings. The zero-order chi connectivity index (χ0) is 24.9. The van der Waals surface area contributed by atoms with E-state index < -0.39 is 0 Å². The average Bonchev–Trinajstić information content (AvgIpc) is 2.87. The van der Waals surface area contributed by atoms with Crippen molar-refractivity contribution in [3.8, 4) is 5.75 Å². The Morgan fingerprint density at radius 3 is 2.50 bits per heavy atom. The number of carbonyl (C=O) groups excluding carboxylic acids is 1. The maximum Gasteiger partial charge on any atom is 0.410 e. The van der Waals surface area contributed by atoms with Gasteiger partial charge in [0.2, 0.25) is 0 Å². The number of hydrogen-bond acceptors (Lipinski definition) is 8. The van der Waals surface area contributed by atoms with E-state index in [0.717, 1.165) is 36.6 Å². The van der Waals surface area contributed by atoms with Gasteiger partial charge in [0.05, 0.1) is 18.8 Å². The smallest absolute Gasteiger partial charge is 0.410 e. The standard InChI is InChI=1S/C26H29ClN6O3/c27-24-14-23(25(28)30-29-24)33-16-22(17-33)36-21-8-4-7-20(13-21)15-31-9-11-32(12-10-31)26(34)35-18-19-5-2-1-3-6-19/h1-8,13-14,22H,9-12,15-18H2,(H2,28,30). The van der Waals surface area contributed by atoms with Crippen LogP contribution in [-0.4, -0.2) is 71.5 Å². The minimum absolute atomic E-state index is 0.0667. The second-order valence-electron chi connectivity index (χ2n) is 9.03. The zero-order valence-corrected chi connectivity index (χ0v) is 20.7. The quantitative estimate of drug-likeness (QED) is 0.518. The molecule has 5 rings (SSSR count). The molecule has 2 saturated heterocycles. The molecule has 2 aliphatic heterocycles. The largest absolute Gasteiger partial charge is 0.487 e. The molecule has 9 nitrogen and oxygen atoms in total. The van der Waals surface area contributed by atoms with E-state index in [9.17, 15) is 4.79 Å². The lowest BCUT2D eigenvalue weighted by Crippen LogP contribution is -2.54. The molecule has 1 aromatic heterocycles. The molecule has 0 radical (unpaired) electrons. The molecular formula is C26H29ClN6O3. The van der Waals surface area contributed by atoms with E-state index in [1.807, 2.05) is 42.5 Å². The number of nitrogens with zero attached hydrogens (tertiary/aromatic N) is 5. The molecule has 3 heterocycles. The van der Waals surface area contributed by atoms with E-state index >= 15 is 0 Å². The molecule has 2 aliphatic rings. The van der Waals surface area contributed by atoms with Crippen molar-refractivity contribution in [1.82, 2.24) is 20.0 Å². The van der Waals surface area contributed by atoms with Crippen LogP contribution in [0.5, 0.6) is 5.75 Å². The molecule has 2 N–H and O–H groups in total. The van der Waals surface area contributed by atoms with Crippen molar-refractivity contribution in [2.75, 3.05) is 49.9 Å². The lowest BCUT2D eigenvalue weighted by Gasteiger charge is -2.40. The van der Waals surface area contributed by atoms with Crippen molar-refractivity contribution in [1.29, 1.82) is 0 Å². The minimum Gasteiger partial charge on any atom is -0.487 e. The van der Waals surface area contributed by atoms with Crippen LogP contribution >= 0.6 is 11.6 Å². The first kappa shape index (κ1) is 24.1. The summed E-state index contributed by atoms with van der Waals surface area (Å²) >= 11 is 5.95.